The van der Waals surface area contributed by atoms with E-state index in [9.17, 15) is 0 Å². The Labute approximate surface area is 103 Å². The number of benzene rings is 1. The fraction of sp³-hybridized carbons (Fsp3) is 0.467. The molecular formula is C15H22N2. The molecule has 0 saturated carbocycles. The normalized spacial score (nSPS) is 13.8. The lowest BCUT2D eigenvalue weighted by molar-refractivity contribution is 0.517. The minimum atomic E-state index is 0.103. The molecule has 0 bridgehead atoms. The summed E-state index contributed by atoms with van der Waals surface area (Å²) in [6, 6.07) is 6.58. The number of fused-ring (bicyclic) bond motifs is 1. The molecule has 17 heavy (non-hydrogen) atoms. The summed E-state index contributed by atoms with van der Waals surface area (Å²) in [7, 11) is 0. The number of H-pyrrole nitrogens is 1. The zero-order chi connectivity index (χ0) is 12.6. The summed E-state index contributed by atoms with van der Waals surface area (Å²) in [5, 5.41) is 1.28. The molecule has 92 valence electrons. The van der Waals surface area contributed by atoms with Crippen molar-refractivity contribution in [1.29, 1.82) is 0 Å². The summed E-state index contributed by atoms with van der Waals surface area (Å²) < 4.78 is 0. The Kier molecular flexibility index (Phi) is 3.25. The Morgan fingerprint density at radius 3 is 2.35 bits per heavy atom. The lowest BCUT2D eigenvalue weighted by Crippen LogP contribution is -2.16. The van der Waals surface area contributed by atoms with Crippen LogP contribution in [-0.4, -0.2) is 4.98 Å². The highest BCUT2D eigenvalue weighted by Gasteiger charge is 2.16. The highest BCUT2D eigenvalue weighted by Crippen LogP contribution is 2.31. The van der Waals surface area contributed by atoms with E-state index < -0.39 is 0 Å². The van der Waals surface area contributed by atoms with Gasteiger partial charge in [-0.05, 0) is 23.0 Å². The van der Waals surface area contributed by atoms with Gasteiger partial charge < -0.3 is 10.7 Å². The van der Waals surface area contributed by atoms with Crippen molar-refractivity contribution in [2.75, 3.05) is 0 Å². The molecule has 2 aromatic rings. The third-order valence-corrected chi connectivity index (χ3v) is 3.48. The van der Waals surface area contributed by atoms with Crippen molar-refractivity contribution in [2.24, 2.45) is 11.7 Å². The van der Waals surface area contributed by atoms with Crippen molar-refractivity contribution in [2.45, 2.75) is 39.7 Å². The second-order valence-corrected chi connectivity index (χ2v) is 5.44. The molecule has 3 N–H and O–H groups in total. The molecule has 2 nitrogen and oxygen atoms in total. The Balaban J connectivity index is 2.59. The largest absolute Gasteiger partial charge is 0.361 e. The smallest absolute Gasteiger partial charge is 0.0492 e. The van der Waals surface area contributed by atoms with Gasteiger partial charge in [0.25, 0.3) is 0 Å². The first-order valence-corrected chi connectivity index (χ1v) is 6.37. The number of aromatic nitrogens is 1. The first-order chi connectivity index (χ1) is 8.02. The molecule has 0 amide bonds. The minimum absolute atomic E-state index is 0.103. The van der Waals surface area contributed by atoms with E-state index in [0.717, 1.165) is 0 Å². The standard InChI is InChI=1S/C15H22N2/c1-9(2)11-6-5-7-12-13(8-17-15(11)12)14(16)10(3)4/h5-10,14,17H,16H2,1-4H3. The zero-order valence-electron chi connectivity index (χ0n) is 11.1. The molecule has 0 saturated heterocycles. The Morgan fingerprint density at radius 2 is 1.76 bits per heavy atom. The number of para-hydroxylation sites is 1. The fourth-order valence-electron chi connectivity index (χ4n) is 2.32. The Bertz CT molecular complexity index is 509. The molecule has 1 aromatic heterocycles. The molecule has 2 rings (SSSR count). The first-order valence-electron chi connectivity index (χ1n) is 6.37. The Hall–Kier alpha value is -1.28. The van der Waals surface area contributed by atoms with Gasteiger partial charge in [0.05, 0.1) is 0 Å². The van der Waals surface area contributed by atoms with Crippen LogP contribution in [0, 0.1) is 5.92 Å². The lowest BCUT2D eigenvalue weighted by atomic mass is 9.94. The van der Waals surface area contributed by atoms with Crippen molar-refractivity contribution in [3.63, 3.8) is 0 Å². The topological polar surface area (TPSA) is 41.8 Å². The van der Waals surface area contributed by atoms with Gasteiger partial charge >= 0.3 is 0 Å². The molecule has 1 aromatic carbocycles. The van der Waals surface area contributed by atoms with Gasteiger partial charge in [-0.1, -0.05) is 45.9 Å². The zero-order valence-corrected chi connectivity index (χ0v) is 11.1. The summed E-state index contributed by atoms with van der Waals surface area (Å²) in [5.74, 6) is 0.984. The predicted octanol–water partition coefficient (Wildman–Crippen LogP) is 3.95. The minimum Gasteiger partial charge on any atom is -0.361 e. The van der Waals surface area contributed by atoms with Crippen LogP contribution in [0.15, 0.2) is 24.4 Å². The molecule has 0 aliphatic carbocycles. The summed E-state index contributed by atoms with van der Waals surface area (Å²) in [6.07, 6.45) is 2.07. The van der Waals surface area contributed by atoms with Crippen LogP contribution in [0.25, 0.3) is 10.9 Å². The van der Waals surface area contributed by atoms with Gasteiger partial charge in [-0.15, -0.1) is 0 Å². The van der Waals surface area contributed by atoms with Gasteiger partial charge in [0.15, 0.2) is 0 Å². The number of rotatable bonds is 3. The number of hydrogen-bond acceptors (Lipinski definition) is 1. The van der Waals surface area contributed by atoms with Crippen molar-refractivity contribution in [3.05, 3.63) is 35.5 Å². The van der Waals surface area contributed by atoms with Crippen molar-refractivity contribution in [1.82, 2.24) is 4.98 Å². The van der Waals surface area contributed by atoms with Crippen LogP contribution < -0.4 is 5.73 Å². The summed E-state index contributed by atoms with van der Waals surface area (Å²) in [6.45, 7) is 8.76. The third kappa shape index (κ3) is 2.09. The number of nitrogens with one attached hydrogen (secondary N) is 1. The van der Waals surface area contributed by atoms with E-state index in [1.54, 1.807) is 0 Å². The van der Waals surface area contributed by atoms with E-state index in [1.165, 1.54) is 22.0 Å². The van der Waals surface area contributed by atoms with Gasteiger partial charge in [-0.25, -0.2) is 0 Å². The maximum Gasteiger partial charge on any atom is 0.0492 e. The van der Waals surface area contributed by atoms with Gasteiger partial charge in [0.1, 0.15) is 0 Å². The van der Waals surface area contributed by atoms with Crippen LogP contribution in [0.5, 0.6) is 0 Å². The Morgan fingerprint density at radius 1 is 1.06 bits per heavy atom. The number of hydrogen-bond donors (Lipinski definition) is 2. The van der Waals surface area contributed by atoms with E-state index >= 15 is 0 Å². The number of nitrogens with two attached hydrogens (primary N) is 1. The molecule has 0 aliphatic rings. The molecule has 0 aliphatic heterocycles. The summed E-state index contributed by atoms with van der Waals surface area (Å²) >= 11 is 0. The van der Waals surface area contributed by atoms with E-state index in [-0.39, 0.29) is 6.04 Å². The highest BCUT2D eigenvalue weighted by atomic mass is 14.7. The van der Waals surface area contributed by atoms with Gasteiger partial charge in [0, 0.05) is 23.1 Å². The van der Waals surface area contributed by atoms with Crippen LogP contribution in [0.4, 0.5) is 0 Å². The highest BCUT2D eigenvalue weighted by molar-refractivity contribution is 5.86. The molecule has 0 radical (unpaired) electrons. The van der Waals surface area contributed by atoms with E-state index in [1.807, 2.05) is 0 Å². The monoisotopic (exact) mass is 230 g/mol. The van der Waals surface area contributed by atoms with Gasteiger partial charge in [0.2, 0.25) is 0 Å². The maximum atomic E-state index is 6.25. The van der Waals surface area contributed by atoms with Crippen molar-refractivity contribution in [3.8, 4) is 0 Å². The predicted molar refractivity (Wildman–Crippen MR) is 74.2 cm³/mol. The van der Waals surface area contributed by atoms with Crippen LogP contribution in [0.2, 0.25) is 0 Å². The molecule has 1 heterocycles. The van der Waals surface area contributed by atoms with Crippen molar-refractivity contribution < 1.29 is 0 Å². The summed E-state index contributed by atoms with van der Waals surface area (Å²) in [5.41, 5.74) is 10.1. The van der Waals surface area contributed by atoms with E-state index in [2.05, 4.69) is 57.1 Å². The second-order valence-electron chi connectivity index (χ2n) is 5.44. The molecule has 1 unspecified atom stereocenters. The molecule has 0 fully saturated rings. The van der Waals surface area contributed by atoms with Crippen LogP contribution in [0.3, 0.4) is 0 Å². The molecule has 0 spiro atoms. The number of aromatic amines is 1. The van der Waals surface area contributed by atoms with Crippen molar-refractivity contribution >= 4 is 10.9 Å². The van der Waals surface area contributed by atoms with Gasteiger partial charge in [-0.3, -0.25) is 0 Å². The fourth-order valence-corrected chi connectivity index (χ4v) is 2.32. The molecule has 1 atom stereocenters. The lowest BCUT2D eigenvalue weighted by Gasteiger charge is -2.15. The average Bonchev–Trinajstić information content (AvgIpc) is 2.70. The van der Waals surface area contributed by atoms with Crippen LogP contribution in [-0.2, 0) is 0 Å². The van der Waals surface area contributed by atoms with E-state index in [0.29, 0.717) is 11.8 Å². The SMILES string of the molecule is CC(C)c1cccc2c(C(N)C(C)C)c[nH]c12. The third-order valence-electron chi connectivity index (χ3n) is 3.48. The van der Waals surface area contributed by atoms with Crippen LogP contribution >= 0.6 is 0 Å². The van der Waals surface area contributed by atoms with Crippen LogP contribution in [0.1, 0.15) is 50.8 Å². The first kappa shape index (κ1) is 12.2. The molecular weight excluding hydrogens is 208 g/mol. The maximum absolute atomic E-state index is 6.25. The van der Waals surface area contributed by atoms with E-state index in [4.69, 9.17) is 5.73 Å². The quantitative estimate of drug-likeness (QED) is 0.823. The molecule has 2 heteroatoms. The average molecular weight is 230 g/mol. The summed E-state index contributed by atoms with van der Waals surface area (Å²) in [4.78, 5) is 3.39. The second kappa shape index (κ2) is 4.53. The van der Waals surface area contributed by atoms with Gasteiger partial charge in [-0.2, -0.15) is 0 Å².